The largest absolute Gasteiger partial charge is 0.479 e. The van der Waals surface area contributed by atoms with Gasteiger partial charge in [0.25, 0.3) is 0 Å². The molecule has 0 N–H and O–H groups in total. The minimum Gasteiger partial charge on any atom is -0.479 e. The number of rotatable bonds is 6. The lowest BCUT2D eigenvalue weighted by molar-refractivity contribution is -0.152. The highest BCUT2D eigenvalue weighted by molar-refractivity contribution is 5.74. The van der Waals surface area contributed by atoms with Gasteiger partial charge in [-0.2, -0.15) is 0 Å². The summed E-state index contributed by atoms with van der Waals surface area (Å²) in [6, 6.07) is 16.6. The highest BCUT2D eigenvalue weighted by Crippen LogP contribution is 2.20. The van der Waals surface area contributed by atoms with Gasteiger partial charge in [0.15, 0.2) is 11.9 Å². The zero-order chi connectivity index (χ0) is 17.6. The summed E-state index contributed by atoms with van der Waals surface area (Å²) >= 11 is 0. The molecule has 0 saturated carbocycles. The van der Waals surface area contributed by atoms with Crippen molar-refractivity contribution in [3.63, 3.8) is 0 Å². The molecule has 0 bridgehead atoms. The van der Waals surface area contributed by atoms with E-state index in [2.05, 4.69) is 5.16 Å². The second-order valence-corrected chi connectivity index (χ2v) is 5.37. The molecule has 0 amide bonds. The lowest BCUT2D eigenvalue weighted by atomic mass is 10.2. The molecule has 0 aliphatic rings. The van der Waals surface area contributed by atoms with E-state index in [0.29, 0.717) is 17.2 Å². The second-order valence-electron chi connectivity index (χ2n) is 5.37. The van der Waals surface area contributed by atoms with Crippen molar-refractivity contribution in [2.75, 3.05) is 0 Å². The molecule has 5 nitrogen and oxygen atoms in total. The summed E-state index contributed by atoms with van der Waals surface area (Å²) in [4.78, 5) is 12.0. The van der Waals surface area contributed by atoms with Crippen molar-refractivity contribution < 1.29 is 23.2 Å². The fraction of sp³-hybridized carbons (Fsp3) is 0.158. The summed E-state index contributed by atoms with van der Waals surface area (Å²) in [5.41, 5.74) is 1.39. The van der Waals surface area contributed by atoms with Crippen molar-refractivity contribution in [3.05, 3.63) is 72.2 Å². The standard InChI is InChI=1S/C19H16FNO4/c1-13(24-17-9-7-15(20)8-10-17)19(22)23-12-16-11-18(25-21-16)14-5-3-2-4-6-14/h2-11,13H,12H2,1H3/t13-/m1/s1. The molecular weight excluding hydrogens is 325 g/mol. The molecule has 25 heavy (non-hydrogen) atoms. The Kier molecular flexibility index (Phi) is 5.09. The Morgan fingerprint density at radius 1 is 1.16 bits per heavy atom. The molecule has 1 heterocycles. The first kappa shape index (κ1) is 16.7. The van der Waals surface area contributed by atoms with Gasteiger partial charge in [-0.1, -0.05) is 35.5 Å². The minimum absolute atomic E-state index is 0.0215. The van der Waals surface area contributed by atoms with Gasteiger partial charge in [0.05, 0.1) is 0 Å². The first-order valence-electron chi connectivity index (χ1n) is 7.72. The number of carbonyl (C=O) groups excluding carboxylic acids is 1. The molecule has 0 aliphatic heterocycles. The third-order valence-electron chi connectivity index (χ3n) is 3.44. The van der Waals surface area contributed by atoms with E-state index in [9.17, 15) is 9.18 Å². The zero-order valence-electron chi connectivity index (χ0n) is 13.5. The van der Waals surface area contributed by atoms with Crippen LogP contribution in [0.2, 0.25) is 0 Å². The van der Waals surface area contributed by atoms with Crippen LogP contribution in [-0.4, -0.2) is 17.2 Å². The van der Waals surface area contributed by atoms with E-state index in [0.717, 1.165) is 5.56 Å². The van der Waals surface area contributed by atoms with E-state index in [4.69, 9.17) is 14.0 Å². The van der Waals surface area contributed by atoms with Gasteiger partial charge in [-0.25, -0.2) is 9.18 Å². The predicted molar refractivity (Wildman–Crippen MR) is 88.2 cm³/mol. The molecule has 0 radical (unpaired) electrons. The molecule has 1 atom stereocenters. The van der Waals surface area contributed by atoms with Gasteiger partial charge in [0.1, 0.15) is 23.9 Å². The van der Waals surface area contributed by atoms with Gasteiger partial charge in [-0.05, 0) is 31.2 Å². The second kappa shape index (κ2) is 7.61. The molecule has 0 spiro atoms. The SMILES string of the molecule is C[C@@H](Oc1ccc(F)cc1)C(=O)OCc1cc(-c2ccccc2)on1. The highest BCUT2D eigenvalue weighted by atomic mass is 19.1. The average molecular weight is 341 g/mol. The van der Waals surface area contributed by atoms with Crippen LogP contribution in [0.5, 0.6) is 5.75 Å². The van der Waals surface area contributed by atoms with Crippen LogP contribution in [0.3, 0.4) is 0 Å². The number of halogens is 1. The van der Waals surface area contributed by atoms with Crippen LogP contribution in [0.1, 0.15) is 12.6 Å². The quantitative estimate of drug-likeness (QED) is 0.634. The number of hydrogen-bond donors (Lipinski definition) is 0. The molecule has 0 unspecified atom stereocenters. The van der Waals surface area contributed by atoms with Gasteiger partial charge in [-0.3, -0.25) is 0 Å². The molecule has 6 heteroatoms. The predicted octanol–water partition coefficient (Wildman–Crippen LogP) is 3.99. The fourth-order valence-corrected chi connectivity index (χ4v) is 2.15. The minimum atomic E-state index is -0.828. The zero-order valence-corrected chi connectivity index (χ0v) is 13.5. The first-order chi connectivity index (χ1) is 12.1. The molecule has 0 fully saturated rings. The van der Waals surface area contributed by atoms with Crippen molar-refractivity contribution in [3.8, 4) is 17.1 Å². The fourth-order valence-electron chi connectivity index (χ4n) is 2.15. The Labute approximate surface area is 144 Å². The van der Waals surface area contributed by atoms with Crippen molar-refractivity contribution in [1.82, 2.24) is 5.16 Å². The smallest absolute Gasteiger partial charge is 0.347 e. The van der Waals surface area contributed by atoms with Gasteiger partial charge in [0, 0.05) is 11.6 Å². The molecule has 0 aliphatic carbocycles. The summed E-state index contributed by atoms with van der Waals surface area (Å²) in [5.74, 6) is 0.0670. The lowest BCUT2D eigenvalue weighted by Gasteiger charge is -2.13. The summed E-state index contributed by atoms with van der Waals surface area (Å²) in [7, 11) is 0. The maximum Gasteiger partial charge on any atom is 0.347 e. The Morgan fingerprint density at radius 3 is 2.60 bits per heavy atom. The van der Waals surface area contributed by atoms with Crippen LogP contribution in [-0.2, 0) is 16.1 Å². The molecule has 128 valence electrons. The van der Waals surface area contributed by atoms with Crippen molar-refractivity contribution >= 4 is 5.97 Å². The summed E-state index contributed by atoms with van der Waals surface area (Å²) in [6.07, 6.45) is -0.828. The summed E-state index contributed by atoms with van der Waals surface area (Å²) in [6.45, 7) is 1.54. The number of hydrogen-bond acceptors (Lipinski definition) is 5. The molecule has 3 rings (SSSR count). The maximum absolute atomic E-state index is 12.9. The van der Waals surface area contributed by atoms with E-state index < -0.39 is 12.1 Å². The van der Waals surface area contributed by atoms with Gasteiger partial charge in [-0.15, -0.1) is 0 Å². The average Bonchev–Trinajstić information content (AvgIpc) is 3.11. The van der Waals surface area contributed by atoms with Crippen LogP contribution in [0, 0.1) is 5.82 Å². The van der Waals surface area contributed by atoms with Gasteiger partial charge >= 0.3 is 5.97 Å². The molecule has 0 saturated heterocycles. The Hall–Kier alpha value is -3.15. The summed E-state index contributed by atoms with van der Waals surface area (Å²) in [5, 5.41) is 3.88. The van der Waals surface area contributed by atoms with E-state index in [1.54, 1.807) is 13.0 Å². The number of aromatic nitrogens is 1. The third-order valence-corrected chi connectivity index (χ3v) is 3.44. The van der Waals surface area contributed by atoms with Crippen molar-refractivity contribution in [2.45, 2.75) is 19.6 Å². The van der Waals surface area contributed by atoms with Crippen molar-refractivity contribution in [2.24, 2.45) is 0 Å². The van der Waals surface area contributed by atoms with Crippen LogP contribution in [0.4, 0.5) is 4.39 Å². The van der Waals surface area contributed by atoms with Crippen LogP contribution in [0.15, 0.2) is 65.2 Å². The number of ether oxygens (including phenoxy) is 2. The molecule has 3 aromatic rings. The number of nitrogens with zero attached hydrogens (tertiary/aromatic N) is 1. The monoisotopic (exact) mass is 341 g/mol. The molecule has 2 aromatic carbocycles. The van der Waals surface area contributed by atoms with Gasteiger partial charge < -0.3 is 14.0 Å². The van der Waals surface area contributed by atoms with E-state index >= 15 is 0 Å². The van der Waals surface area contributed by atoms with E-state index in [-0.39, 0.29) is 12.4 Å². The lowest BCUT2D eigenvalue weighted by Crippen LogP contribution is -2.26. The normalized spacial score (nSPS) is 11.8. The van der Waals surface area contributed by atoms with Crippen LogP contribution < -0.4 is 4.74 Å². The highest BCUT2D eigenvalue weighted by Gasteiger charge is 2.17. The first-order valence-corrected chi connectivity index (χ1v) is 7.72. The number of benzene rings is 2. The maximum atomic E-state index is 12.9. The Morgan fingerprint density at radius 2 is 1.88 bits per heavy atom. The topological polar surface area (TPSA) is 61.6 Å². The number of carbonyl (C=O) groups is 1. The Balaban J connectivity index is 1.53. The van der Waals surface area contributed by atoms with Crippen LogP contribution in [0.25, 0.3) is 11.3 Å². The summed E-state index contributed by atoms with van der Waals surface area (Å²) < 4.78 is 28.7. The van der Waals surface area contributed by atoms with Crippen molar-refractivity contribution in [1.29, 1.82) is 0 Å². The van der Waals surface area contributed by atoms with Gasteiger partial charge in [0.2, 0.25) is 0 Å². The third kappa shape index (κ3) is 4.44. The molecular formula is C19H16FNO4. The van der Waals surface area contributed by atoms with E-state index in [1.807, 2.05) is 30.3 Å². The van der Waals surface area contributed by atoms with Crippen LogP contribution >= 0.6 is 0 Å². The molecule has 1 aromatic heterocycles. The number of esters is 1. The van der Waals surface area contributed by atoms with E-state index in [1.165, 1.54) is 24.3 Å². The Bertz CT molecular complexity index is 830.